The molecule has 0 heterocycles. The van der Waals surface area contributed by atoms with Crippen molar-refractivity contribution in [3.8, 4) is 12.1 Å². The Bertz CT molecular complexity index is 570. The number of carbonyl (C=O) groups is 1. The fourth-order valence-electron chi connectivity index (χ4n) is 1.39. The Morgan fingerprint density at radius 1 is 1.40 bits per heavy atom. The van der Waals surface area contributed by atoms with Crippen LogP contribution in [0.25, 0.3) is 0 Å². The third-order valence-corrected chi connectivity index (χ3v) is 2.37. The second-order valence-corrected chi connectivity index (χ2v) is 3.74. The van der Waals surface area contributed by atoms with Gasteiger partial charge in [-0.15, -0.1) is 0 Å². The van der Waals surface area contributed by atoms with Crippen LogP contribution in [0, 0.1) is 34.4 Å². The number of halogens is 1. The van der Waals surface area contributed by atoms with Crippen LogP contribution in [-0.2, 0) is 9.53 Å². The van der Waals surface area contributed by atoms with Crippen molar-refractivity contribution in [1.82, 2.24) is 0 Å². The number of aliphatic imine (C=N–C) groups is 1. The summed E-state index contributed by atoms with van der Waals surface area (Å²) in [5, 5.41) is 17.9. The lowest BCUT2D eigenvalue weighted by Crippen LogP contribution is -2.17. The highest BCUT2D eigenvalue weighted by Gasteiger charge is 2.17. The number of nitriles is 2. The van der Waals surface area contributed by atoms with Crippen LogP contribution in [0.5, 0.6) is 0 Å². The number of benzene rings is 1. The quantitative estimate of drug-likeness (QED) is 0.607. The number of carbonyl (C=O) groups excluding carboxylic acids is 1. The van der Waals surface area contributed by atoms with Gasteiger partial charge in [0.25, 0.3) is 0 Å². The number of nitrogens with zero attached hydrogens (tertiary/aromatic N) is 3. The standard InChI is InChI=1S/C14H12FN3O2/c1-2-20-14(19)11(7-16)9-18-13(8-17)10-3-5-12(15)6-4-10/h3-6,9,11,13H,2H2,1H3/t11-,13-/m1/s1. The monoisotopic (exact) mass is 273 g/mol. The molecule has 20 heavy (non-hydrogen) atoms. The van der Waals surface area contributed by atoms with Gasteiger partial charge in [0.15, 0.2) is 12.0 Å². The van der Waals surface area contributed by atoms with Gasteiger partial charge in [-0.1, -0.05) is 12.1 Å². The van der Waals surface area contributed by atoms with E-state index in [4.69, 9.17) is 15.3 Å². The first-order valence-corrected chi connectivity index (χ1v) is 5.87. The predicted molar refractivity (Wildman–Crippen MR) is 69.0 cm³/mol. The van der Waals surface area contributed by atoms with Gasteiger partial charge in [0.1, 0.15) is 5.82 Å². The molecule has 1 rings (SSSR count). The molecule has 6 heteroatoms. The molecule has 1 aromatic rings. The lowest BCUT2D eigenvalue weighted by atomic mass is 10.1. The molecule has 0 radical (unpaired) electrons. The average Bonchev–Trinajstić information content (AvgIpc) is 2.45. The van der Waals surface area contributed by atoms with Crippen LogP contribution in [0.1, 0.15) is 18.5 Å². The number of hydrogen-bond donors (Lipinski definition) is 0. The highest BCUT2D eigenvalue weighted by Crippen LogP contribution is 2.17. The summed E-state index contributed by atoms with van der Waals surface area (Å²) in [6, 6.07) is 8.00. The molecule has 0 amide bonds. The van der Waals surface area contributed by atoms with Crippen molar-refractivity contribution in [2.24, 2.45) is 10.9 Å². The Kier molecular flexibility index (Phi) is 5.86. The third-order valence-electron chi connectivity index (χ3n) is 2.37. The van der Waals surface area contributed by atoms with E-state index in [0.29, 0.717) is 5.56 Å². The smallest absolute Gasteiger partial charge is 0.328 e. The van der Waals surface area contributed by atoms with E-state index >= 15 is 0 Å². The molecule has 5 nitrogen and oxygen atoms in total. The van der Waals surface area contributed by atoms with Crippen LogP contribution >= 0.6 is 0 Å². The highest BCUT2D eigenvalue weighted by molar-refractivity contribution is 5.93. The van der Waals surface area contributed by atoms with Crippen LogP contribution in [-0.4, -0.2) is 18.8 Å². The molecule has 0 saturated heterocycles. The van der Waals surface area contributed by atoms with Crippen LogP contribution in [0.4, 0.5) is 4.39 Å². The van der Waals surface area contributed by atoms with Gasteiger partial charge in [-0.3, -0.25) is 9.79 Å². The van der Waals surface area contributed by atoms with E-state index in [0.717, 1.165) is 6.21 Å². The molecule has 2 atom stereocenters. The van der Waals surface area contributed by atoms with Crippen molar-refractivity contribution in [1.29, 1.82) is 10.5 Å². The molecule has 0 aliphatic heterocycles. The van der Waals surface area contributed by atoms with Gasteiger partial charge in [-0.2, -0.15) is 10.5 Å². The van der Waals surface area contributed by atoms with E-state index < -0.39 is 23.7 Å². The van der Waals surface area contributed by atoms with Gasteiger partial charge in [-0.25, -0.2) is 4.39 Å². The van der Waals surface area contributed by atoms with E-state index in [1.807, 2.05) is 6.07 Å². The molecule has 0 bridgehead atoms. The van der Waals surface area contributed by atoms with Gasteiger partial charge < -0.3 is 4.74 Å². The molecule has 0 fully saturated rings. The fraction of sp³-hybridized carbons (Fsp3) is 0.286. The minimum absolute atomic E-state index is 0.157. The SMILES string of the molecule is CCOC(=O)[C@H](C#N)C=N[C@H](C#N)c1ccc(F)cc1. The maximum Gasteiger partial charge on any atom is 0.328 e. The van der Waals surface area contributed by atoms with Crippen molar-refractivity contribution in [3.63, 3.8) is 0 Å². The second-order valence-electron chi connectivity index (χ2n) is 3.74. The number of ether oxygens (including phenoxy) is 1. The molecular formula is C14H12FN3O2. The first-order chi connectivity index (χ1) is 9.62. The molecular weight excluding hydrogens is 261 g/mol. The first-order valence-electron chi connectivity index (χ1n) is 5.87. The molecule has 0 unspecified atom stereocenters. The average molecular weight is 273 g/mol. The van der Waals surface area contributed by atoms with Gasteiger partial charge >= 0.3 is 5.97 Å². The largest absolute Gasteiger partial charge is 0.465 e. The molecule has 0 saturated carbocycles. The number of rotatable bonds is 5. The van der Waals surface area contributed by atoms with Gasteiger partial charge in [0, 0.05) is 6.21 Å². The van der Waals surface area contributed by atoms with E-state index in [9.17, 15) is 9.18 Å². The summed E-state index contributed by atoms with van der Waals surface area (Å²) in [5.74, 6) is -2.29. The summed E-state index contributed by atoms with van der Waals surface area (Å²) in [6.07, 6.45) is 1.08. The van der Waals surface area contributed by atoms with E-state index in [-0.39, 0.29) is 6.61 Å². The summed E-state index contributed by atoms with van der Waals surface area (Å²) in [5.41, 5.74) is 0.477. The van der Waals surface area contributed by atoms with Gasteiger partial charge in [-0.05, 0) is 24.6 Å². The zero-order valence-electron chi connectivity index (χ0n) is 10.8. The Hall–Kier alpha value is -2.73. The van der Waals surface area contributed by atoms with Gasteiger partial charge in [0.2, 0.25) is 0 Å². The summed E-state index contributed by atoms with van der Waals surface area (Å²) in [6.45, 7) is 1.78. The fourth-order valence-corrected chi connectivity index (χ4v) is 1.39. The van der Waals surface area contributed by atoms with Crippen molar-refractivity contribution in [2.45, 2.75) is 13.0 Å². The minimum Gasteiger partial charge on any atom is -0.465 e. The Labute approximate surface area is 115 Å². The molecule has 1 aromatic carbocycles. The molecule has 102 valence electrons. The molecule has 0 aliphatic carbocycles. The van der Waals surface area contributed by atoms with E-state index in [1.54, 1.807) is 13.0 Å². The summed E-state index contributed by atoms with van der Waals surface area (Å²) in [7, 11) is 0. The normalized spacial score (nSPS) is 13.2. The lowest BCUT2D eigenvalue weighted by Gasteiger charge is -2.06. The van der Waals surface area contributed by atoms with Crippen molar-refractivity contribution < 1.29 is 13.9 Å². The minimum atomic E-state index is -1.16. The third kappa shape index (κ3) is 4.18. The lowest BCUT2D eigenvalue weighted by molar-refractivity contribution is -0.143. The highest BCUT2D eigenvalue weighted by atomic mass is 19.1. The van der Waals surface area contributed by atoms with Crippen LogP contribution < -0.4 is 0 Å². The Morgan fingerprint density at radius 2 is 2.05 bits per heavy atom. The second kappa shape index (κ2) is 7.65. The van der Waals surface area contributed by atoms with Crippen LogP contribution in [0.2, 0.25) is 0 Å². The first kappa shape index (κ1) is 15.3. The van der Waals surface area contributed by atoms with Crippen LogP contribution in [0.3, 0.4) is 0 Å². The summed E-state index contributed by atoms with van der Waals surface area (Å²) < 4.78 is 17.5. The summed E-state index contributed by atoms with van der Waals surface area (Å²) >= 11 is 0. The maximum atomic E-state index is 12.8. The molecule has 0 spiro atoms. The topological polar surface area (TPSA) is 86.2 Å². The molecule has 0 aromatic heterocycles. The summed E-state index contributed by atoms with van der Waals surface area (Å²) in [4.78, 5) is 15.3. The van der Waals surface area contributed by atoms with Crippen molar-refractivity contribution >= 4 is 12.2 Å². The molecule has 0 aliphatic rings. The zero-order valence-corrected chi connectivity index (χ0v) is 10.8. The Morgan fingerprint density at radius 3 is 2.55 bits per heavy atom. The van der Waals surface area contributed by atoms with E-state index in [2.05, 4.69) is 4.99 Å². The number of hydrogen-bond acceptors (Lipinski definition) is 5. The predicted octanol–water partition coefficient (Wildman–Crippen LogP) is 2.16. The maximum absolute atomic E-state index is 12.8. The molecule has 0 N–H and O–H groups in total. The van der Waals surface area contributed by atoms with Gasteiger partial charge in [0.05, 0.1) is 18.7 Å². The van der Waals surface area contributed by atoms with Crippen LogP contribution in [0.15, 0.2) is 29.3 Å². The zero-order chi connectivity index (χ0) is 15.0. The van der Waals surface area contributed by atoms with Crippen molar-refractivity contribution in [2.75, 3.05) is 6.61 Å². The number of esters is 1. The van der Waals surface area contributed by atoms with E-state index in [1.165, 1.54) is 24.3 Å². The Balaban J connectivity index is 2.85. The van der Waals surface area contributed by atoms with Crippen molar-refractivity contribution in [3.05, 3.63) is 35.6 Å².